The highest BCUT2D eigenvalue weighted by atomic mass is 16.6. The maximum absolute atomic E-state index is 12.4. The minimum Gasteiger partial charge on any atom is -0.498 e. The van der Waals surface area contributed by atoms with Crippen LogP contribution in [-0.2, 0) is 28.5 Å². The summed E-state index contributed by atoms with van der Waals surface area (Å²) >= 11 is 0. The van der Waals surface area contributed by atoms with Crippen LogP contribution in [0.5, 0.6) is 0 Å². The fraction of sp³-hybridized carbons (Fsp3) is 0.500. The summed E-state index contributed by atoms with van der Waals surface area (Å²) in [7, 11) is 2.51. The van der Waals surface area contributed by atoms with E-state index in [2.05, 4.69) is 13.0 Å². The van der Waals surface area contributed by atoms with Crippen molar-refractivity contribution < 1.29 is 28.5 Å². The Morgan fingerprint density at radius 1 is 1.19 bits per heavy atom. The largest absolute Gasteiger partial charge is 0.498 e. The zero-order valence-corrected chi connectivity index (χ0v) is 15.3. The van der Waals surface area contributed by atoms with Crippen LogP contribution in [0.25, 0.3) is 0 Å². The second-order valence-corrected chi connectivity index (χ2v) is 7.41. The molecule has 4 rings (SSSR count). The number of methoxy groups -OCH3 is 2. The average Bonchev–Trinajstić information content (AvgIpc) is 3.21. The molecular formula is C20H22O6. The first kappa shape index (κ1) is 17.1. The zero-order valence-electron chi connectivity index (χ0n) is 15.3. The number of benzene rings is 1. The third kappa shape index (κ3) is 2.02. The van der Waals surface area contributed by atoms with Crippen LogP contribution in [0.2, 0.25) is 0 Å². The number of aryl methyl sites for hydroxylation is 1. The lowest BCUT2D eigenvalue weighted by Gasteiger charge is -2.35. The molecule has 3 aliphatic rings. The molecule has 4 unspecified atom stereocenters. The third-order valence-corrected chi connectivity index (χ3v) is 6.11. The Kier molecular flexibility index (Phi) is 3.67. The monoisotopic (exact) mass is 358 g/mol. The Labute approximate surface area is 152 Å². The van der Waals surface area contributed by atoms with E-state index >= 15 is 0 Å². The van der Waals surface area contributed by atoms with Crippen LogP contribution in [0.3, 0.4) is 0 Å². The number of rotatable bonds is 3. The van der Waals surface area contributed by atoms with E-state index < -0.39 is 29.6 Å². The average molecular weight is 358 g/mol. The third-order valence-electron chi connectivity index (χ3n) is 6.11. The van der Waals surface area contributed by atoms with Gasteiger partial charge in [-0.15, -0.1) is 0 Å². The fourth-order valence-electron chi connectivity index (χ4n) is 4.66. The van der Waals surface area contributed by atoms with E-state index in [0.717, 1.165) is 16.7 Å². The van der Waals surface area contributed by atoms with Crippen molar-refractivity contribution in [1.29, 1.82) is 0 Å². The van der Waals surface area contributed by atoms with Crippen molar-refractivity contribution in [3.63, 3.8) is 0 Å². The molecule has 1 fully saturated rings. The highest BCUT2D eigenvalue weighted by Gasteiger charge is 2.79. The summed E-state index contributed by atoms with van der Waals surface area (Å²) in [6, 6.07) is 6.08. The van der Waals surface area contributed by atoms with E-state index in [4.69, 9.17) is 18.9 Å². The summed E-state index contributed by atoms with van der Waals surface area (Å²) in [4.78, 5) is 24.8. The van der Waals surface area contributed by atoms with Crippen molar-refractivity contribution >= 4 is 11.9 Å². The number of hydrogen-bond acceptors (Lipinski definition) is 6. The van der Waals surface area contributed by atoms with Gasteiger partial charge in [-0.25, -0.2) is 0 Å². The summed E-state index contributed by atoms with van der Waals surface area (Å²) in [6.45, 7) is 4.47. The summed E-state index contributed by atoms with van der Waals surface area (Å²) < 4.78 is 21.8. The van der Waals surface area contributed by atoms with Crippen molar-refractivity contribution in [3.8, 4) is 0 Å². The van der Waals surface area contributed by atoms with Gasteiger partial charge in [0.15, 0.2) is 5.92 Å². The van der Waals surface area contributed by atoms with E-state index in [0.29, 0.717) is 6.61 Å². The molecule has 6 nitrogen and oxygen atoms in total. The number of hydrogen-bond donors (Lipinski definition) is 0. The van der Waals surface area contributed by atoms with Gasteiger partial charge in [0.2, 0.25) is 0 Å². The normalized spacial score (nSPS) is 33.4. The summed E-state index contributed by atoms with van der Waals surface area (Å²) in [5.74, 6) is -2.40. The van der Waals surface area contributed by atoms with Gasteiger partial charge in [0.1, 0.15) is 18.3 Å². The maximum Gasteiger partial charge on any atom is 0.323 e. The molecule has 1 spiro atoms. The highest BCUT2D eigenvalue weighted by molar-refractivity contribution is 5.96. The van der Waals surface area contributed by atoms with Crippen LogP contribution in [0.15, 0.2) is 30.5 Å². The molecule has 2 aliphatic heterocycles. The van der Waals surface area contributed by atoms with Gasteiger partial charge in [0.25, 0.3) is 0 Å². The number of carbonyl (C=O) groups excluding carboxylic acids is 2. The Hall–Kier alpha value is -2.34. The van der Waals surface area contributed by atoms with Gasteiger partial charge in [-0.1, -0.05) is 30.7 Å². The molecule has 0 radical (unpaired) electrons. The molecule has 4 atom stereocenters. The molecule has 2 heterocycles. The van der Waals surface area contributed by atoms with Gasteiger partial charge in [0, 0.05) is 11.3 Å². The van der Waals surface area contributed by atoms with Crippen molar-refractivity contribution in [2.24, 2.45) is 11.3 Å². The predicted octanol–water partition coefficient (Wildman–Crippen LogP) is 2.41. The molecule has 0 saturated heterocycles. The molecule has 0 bridgehead atoms. The molecule has 138 valence electrons. The smallest absolute Gasteiger partial charge is 0.323 e. The molecule has 1 aromatic carbocycles. The van der Waals surface area contributed by atoms with E-state index in [1.54, 1.807) is 6.26 Å². The standard InChI is InChI=1S/C20H22O6/c1-11-5-6-12-13(9-11)15(14(17(21)23-3)18(22)24-4)26-20-10-25-8-7-19(20,2)16(12)20/h5-9,14-16H,10H2,1-4H3. The first-order valence-corrected chi connectivity index (χ1v) is 8.63. The summed E-state index contributed by atoms with van der Waals surface area (Å²) in [6.07, 6.45) is 2.94. The number of fused-ring (bicyclic) bond motifs is 3. The van der Waals surface area contributed by atoms with Crippen LogP contribution >= 0.6 is 0 Å². The number of carbonyl (C=O) groups is 2. The zero-order chi connectivity index (χ0) is 18.7. The van der Waals surface area contributed by atoms with Gasteiger partial charge >= 0.3 is 11.9 Å². The summed E-state index contributed by atoms with van der Waals surface area (Å²) in [5.41, 5.74) is 2.13. The van der Waals surface area contributed by atoms with Gasteiger partial charge < -0.3 is 18.9 Å². The SMILES string of the molecule is COC(=O)C(C(=O)OC)C1OC23COC=CC2(C)C3c2ccc(C)cc21. The van der Waals surface area contributed by atoms with Crippen LogP contribution in [0.1, 0.15) is 35.6 Å². The lowest BCUT2D eigenvalue weighted by molar-refractivity contribution is -0.175. The molecular weight excluding hydrogens is 336 g/mol. The molecule has 26 heavy (non-hydrogen) atoms. The van der Waals surface area contributed by atoms with E-state index in [-0.39, 0.29) is 11.3 Å². The van der Waals surface area contributed by atoms with Crippen molar-refractivity contribution in [2.75, 3.05) is 20.8 Å². The van der Waals surface area contributed by atoms with Gasteiger partial charge in [-0.3, -0.25) is 9.59 Å². The fourth-order valence-corrected chi connectivity index (χ4v) is 4.66. The minimum absolute atomic E-state index is 0.122. The first-order valence-electron chi connectivity index (χ1n) is 8.63. The quantitative estimate of drug-likeness (QED) is 0.610. The highest BCUT2D eigenvalue weighted by Crippen LogP contribution is 2.75. The van der Waals surface area contributed by atoms with Crippen LogP contribution in [-0.4, -0.2) is 38.4 Å². The van der Waals surface area contributed by atoms with Gasteiger partial charge in [0.05, 0.1) is 20.5 Å². The molecule has 1 aromatic rings. The maximum atomic E-state index is 12.4. The first-order chi connectivity index (χ1) is 12.4. The Morgan fingerprint density at radius 3 is 2.54 bits per heavy atom. The second-order valence-electron chi connectivity index (χ2n) is 7.41. The number of esters is 2. The second kappa shape index (κ2) is 5.58. The van der Waals surface area contributed by atoms with Gasteiger partial charge in [-0.05, 0) is 24.1 Å². The summed E-state index contributed by atoms with van der Waals surface area (Å²) in [5, 5.41) is 0. The van der Waals surface area contributed by atoms with E-state index in [9.17, 15) is 9.59 Å². The molecule has 6 heteroatoms. The molecule has 0 amide bonds. The molecule has 1 aliphatic carbocycles. The van der Waals surface area contributed by atoms with E-state index in [1.165, 1.54) is 14.2 Å². The van der Waals surface area contributed by atoms with Crippen molar-refractivity contribution in [1.82, 2.24) is 0 Å². The van der Waals surface area contributed by atoms with Crippen LogP contribution in [0.4, 0.5) is 0 Å². The molecule has 0 N–H and O–H groups in total. The minimum atomic E-state index is -1.18. The van der Waals surface area contributed by atoms with Crippen molar-refractivity contribution in [3.05, 3.63) is 47.2 Å². The number of ether oxygens (including phenoxy) is 4. The molecule has 1 saturated carbocycles. The lowest BCUT2D eigenvalue weighted by Crippen LogP contribution is -2.41. The Morgan fingerprint density at radius 2 is 1.88 bits per heavy atom. The Balaban J connectivity index is 1.87. The lowest BCUT2D eigenvalue weighted by atomic mass is 9.86. The topological polar surface area (TPSA) is 71.1 Å². The predicted molar refractivity (Wildman–Crippen MR) is 91.2 cm³/mol. The van der Waals surface area contributed by atoms with Crippen LogP contribution < -0.4 is 0 Å². The van der Waals surface area contributed by atoms with Crippen LogP contribution in [0, 0.1) is 18.3 Å². The van der Waals surface area contributed by atoms with Gasteiger partial charge in [-0.2, -0.15) is 0 Å². The Bertz CT molecular complexity index is 799. The van der Waals surface area contributed by atoms with E-state index in [1.807, 2.05) is 25.1 Å². The molecule has 0 aromatic heterocycles. The van der Waals surface area contributed by atoms with Crippen molar-refractivity contribution in [2.45, 2.75) is 31.5 Å².